The Labute approximate surface area is 88.4 Å². The lowest BCUT2D eigenvalue weighted by Gasteiger charge is -2.03. The predicted octanol–water partition coefficient (Wildman–Crippen LogP) is 2.50. The molecular formula is C12H12N2O. The fourth-order valence-electron chi connectivity index (χ4n) is 1.37. The molecule has 0 atom stereocenters. The van der Waals surface area contributed by atoms with Gasteiger partial charge in [0, 0.05) is 18.8 Å². The molecule has 0 fully saturated rings. The zero-order valence-electron chi connectivity index (χ0n) is 8.44. The summed E-state index contributed by atoms with van der Waals surface area (Å²) in [7, 11) is 1.84. The fraction of sp³-hybridized carbons (Fsp3) is 0.0833. The summed E-state index contributed by atoms with van der Waals surface area (Å²) in [5.74, 6) is 1.12. The van der Waals surface area contributed by atoms with Gasteiger partial charge in [-0.05, 0) is 29.8 Å². The molecule has 0 unspecified atom stereocenters. The summed E-state index contributed by atoms with van der Waals surface area (Å²) in [6, 6.07) is 11.0. The van der Waals surface area contributed by atoms with Crippen molar-refractivity contribution in [2.45, 2.75) is 0 Å². The molecule has 0 bridgehead atoms. The van der Waals surface area contributed by atoms with Gasteiger partial charge in [-0.15, -0.1) is 0 Å². The van der Waals surface area contributed by atoms with Gasteiger partial charge in [0.2, 0.25) is 0 Å². The van der Waals surface area contributed by atoms with Gasteiger partial charge in [-0.25, -0.2) is 4.98 Å². The highest BCUT2D eigenvalue weighted by atomic mass is 16.3. The van der Waals surface area contributed by atoms with Crippen molar-refractivity contribution < 1.29 is 5.11 Å². The van der Waals surface area contributed by atoms with Crippen LogP contribution in [0, 0.1) is 0 Å². The van der Waals surface area contributed by atoms with Crippen molar-refractivity contribution in [1.29, 1.82) is 0 Å². The molecular weight excluding hydrogens is 188 g/mol. The Morgan fingerprint density at radius 2 is 1.67 bits per heavy atom. The van der Waals surface area contributed by atoms with Gasteiger partial charge in [0.05, 0.1) is 0 Å². The number of aromatic hydroxyl groups is 1. The van der Waals surface area contributed by atoms with E-state index in [9.17, 15) is 0 Å². The van der Waals surface area contributed by atoms with Crippen LogP contribution >= 0.6 is 0 Å². The minimum atomic E-state index is 0.276. The topological polar surface area (TPSA) is 45.1 Å². The summed E-state index contributed by atoms with van der Waals surface area (Å²) in [5, 5.41) is 12.1. The molecule has 1 aromatic heterocycles. The largest absolute Gasteiger partial charge is 0.508 e. The lowest BCUT2D eigenvalue weighted by molar-refractivity contribution is 0.475. The molecule has 3 nitrogen and oxygen atoms in total. The highest BCUT2D eigenvalue weighted by molar-refractivity contribution is 5.64. The molecule has 0 aliphatic carbocycles. The number of nitrogens with zero attached hydrogens (tertiary/aromatic N) is 1. The maximum Gasteiger partial charge on any atom is 0.125 e. The summed E-state index contributed by atoms with van der Waals surface area (Å²) < 4.78 is 0. The number of hydrogen-bond donors (Lipinski definition) is 2. The number of hydrogen-bond acceptors (Lipinski definition) is 3. The van der Waals surface area contributed by atoms with E-state index in [1.54, 1.807) is 18.3 Å². The molecule has 1 heterocycles. The molecule has 2 aromatic rings. The Morgan fingerprint density at radius 3 is 2.20 bits per heavy atom. The number of pyridine rings is 1. The number of anilines is 1. The quantitative estimate of drug-likeness (QED) is 0.782. The first kappa shape index (κ1) is 9.52. The first-order chi connectivity index (χ1) is 7.29. The van der Waals surface area contributed by atoms with Gasteiger partial charge in [0.25, 0.3) is 0 Å². The van der Waals surface area contributed by atoms with Gasteiger partial charge in [0.1, 0.15) is 11.6 Å². The standard InChI is InChI=1S/C12H12N2O/c1-13-12-7-4-10(8-14-12)9-2-5-11(15)6-3-9/h2-8,15H,1H3,(H,13,14). The van der Waals surface area contributed by atoms with E-state index in [0.29, 0.717) is 0 Å². The van der Waals surface area contributed by atoms with E-state index in [0.717, 1.165) is 16.9 Å². The number of benzene rings is 1. The van der Waals surface area contributed by atoms with Crippen molar-refractivity contribution in [1.82, 2.24) is 4.98 Å². The van der Waals surface area contributed by atoms with E-state index in [2.05, 4.69) is 10.3 Å². The first-order valence-corrected chi connectivity index (χ1v) is 4.73. The highest BCUT2D eigenvalue weighted by Crippen LogP contribution is 2.21. The Balaban J connectivity index is 2.33. The van der Waals surface area contributed by atoms with E-state index in [1.165, 1.54) is 0 Å². The second-order valence-corrected chi connectivity index (χ2v) is 3.23. The summed E-state index contributed by atoms with van der Waals surface area (Å²) in [6.45, 7) is 0. The number of phenolic OH excluding ortho intramolecular Hbond substituents is 1. The van der Waals surface area contributed by atoms with Gasteiger partial charge in [-0.1, -0.05) is 12.1 Å². The first-order valence-electron chi connectivity index (χ1n) is 4.73. The van der Waals surface area contributed by atoms with E-state index >= 15 is 0 Å². The maximum atomic E-state index is 9.16. The summed E-state index contributed by atoms with van der Waals surface area (Å²) in [5.41, 5.74) is 2.08. The molecule has 76 valence electrons. The molecule has 0 aliphatic rings. The number of aromatic nitrogens is 1. The van der Waals surface area contributed by atoms with Gasteiger partial charge in [0.15, 0.2) is 0 Å². The zero-order valence-corrected chi connectivity index (χ0v) is 8.44. The van der Waals surface area contributed by atoms with Crippen LogP contribution < -0.4 is 5.32 Å². The van der Waals surface area contributed by atoms with E-state index in [1.807, 2.05) is 31.3 Å². The van der Waals surface area contributed by atoms with Gasteiger partial charge < -0.3 is 10.4 Å². The van der Waals surface area contributed by atoms with Crippen LogP contribution in [0.4, 0.5) is 5.82 Å². The van der Waals surface area contributed by atoms with E-state index < -0.39 is 0 Å². The number of rotatable bonds is 2. The van der Waals surface area contributed by atoms with E-state index in [4.69, 9.17) is 5.11 Å². The Bertz CT molecular complexity index is 434. The number of nitrogens with one attached hydrogen (secondary N) is 1. The lowest BCUT2D eigenvalue weighted by atomic mass is 10.1. The van der Waals surface area contributed by atoms with Crippen molar-refractivity contribution in [2.24, 2.45) is 0 Å². The SMILES string of the molecule is CNc1ccc(-c2ccc(O)cc2)cn1. The van der Waals surface area contributed by atoms with Crippen molar-refractivity contribution in [3.63, 3.8) is 0 Å². The molecule has 0 saturated carbocycles. The minimum absolute atomic E-state index is 0.276. The normalized spacial score (nSPS) is 9.93. The smallest absolute Gasteiger partial charge is 0.125 e. The Hall–Kier alpha value is -2.03. The zero-order chi connectivity index (χ0) is 10.7. The van der Waals surface area contributed by atoms with Gasteiger partial charge in [-0.3, -0.25) is 0 Å². The van der Waals surface area contributed by atoms with Crippen molar-refractivity contribution >= 4 is 5.82 Å². The third-order valence-corrected chi connectivity index (χ3v) is 2.22. The molecule has 2 N–H and O–H groups in total. The van der Waals surface area contributed by atoms with Gasteiger partial charge >= 0.3 is 0 Å². The van der Waals surface area contributed by atoms with Crippen LogP contribution in [0.25, 0.3) is 11.1 Å². The van der Waals surface area contributed by atoms with Crippen LogP contribution in [-0.4, -0.2) is 17.1 Å². The number of phenols is 1. The maximum absolute atomic E-state index is 9.16. The highest BCUT2D eigenvalue weighted by Gasteiger charge is 1.98. The Morgan fingerprint density at radius 1 is 1.00 bits per heavy atom. The minimum Gasteiger partial charge on any atom is -0.508 e. The average molecular weight is 200 g/mol. The molecule has 0 aliphatic heterocycles. The van der Waals surface area contributed by atoms with Crippen LogP contribution in [0.5, 0.6) is 5.75 Å². The van der Waals surface area contributed by atoms with Crippen LogP contribution in [0.1, 0.15) is 0 Å². The molecule has 3 heteroatoms. The van der Waals surface area contributed by atoms with Crippen LogP contribution in [0.15, 0.2) is 42.6 Å². The van der Waals surface area contributed by atoms with Crippen molar-refractivity contribution in [3.05, 3.63) is 42.6 Å². The van der Waals surface area contributed by atoms with Crippen molar-refractivity contribution in [2.75, 3.05) is 12.4 Å². The Kier molecular flexibility index (Phi) is 2.54. The summed E-state index contributed by atoms with van der Waals surface area (Å²) in [6.07, 6.45) is 1.80. The lowest BCUT2D eigenvalue weighted by Crippen LogP contribution is -1.90. The second-order valence-electron chi connectivity index (χ2n) is 3.23. The van der Waals surface area contributed by atoms with Gasteiger partial charge in [-0.2, -0.15) is 0 Å². The summed E-state index contributed by atoms with van der Waals surface area (Å²) >= 11 is 0. The average Bonchev–Trinajstić information content (AvgIpc) is 2.30. The molecule has 2 rings (SSSR count). The van der Waals surface area contributed by atoms with Crippen LogP contribution in [-0.2, 0) is 0 Å². The molecule has 0 spiro atoms. The molecule has 0 amide bonds. The second kappa shape index (κ2) is 4.00. The third kappa shape index (κ3) is 2.07. The fourth-order valence-corrected chi connectivity index (χ4v) is 1.37. The van der Waals surface area contributed by atoms with Crippen LogP contribution in [0.2, 0.25) is 0 Å². The summed E-state index contributed by atoms with van der Waals surface area (Å²) in [4.78, 5) is 4.22. The van der Waals surface area contributed by atoms with Crippen LogP contribution in [0.3, 0.4) is 0 Å². The molecule has 0 saturated heterocycles. The van der Waals surface area contributed by atoms with E-state index in [-0.39, 0.29) is 5.75 Å². The molecule has 15 heavy (non-hydrogen) atoms. The van der Waals surface area contributed by atoms with Crippen molar-refractivity contribution in [3.8, 4) is 16.9 Å². The molecule has 0 radical (unpaired) electrons. The molecule has 1 aromatic carbocycles. The predicted molar refractivity (Wildman–Crippen MR) is 60.9 cm³/mol. The third-order valence-electron chi connectivity index (χ3n) is 2.22. The monoisotopic (exact) mass is 200 g/mol.